The number of alkyl halides is 1. The predicted octanol–water partition coefficient (Wildman–Crippen LogP) is 4.78. The van der Waals surface area contributed by atoms with Crippen LogP contribution >= 0.6 is 11.6 Å². The minimum absolute atomic E-state index is 0.0209. The Morgan fingerprint density at radius 2 is 1.63 bits per heavy atom. The third kappa shape index (κ3) is 3.30. The second-order valence-corrected chi connectivity index (χ2v) is 5.06. The normalized spacial score (nSPS) is 12.2. The van der Waals surface area contributed by atoms with Gasteiger partial charge in [0.25, 0.3) is 0 Å². The maximum absolute atomic E-state index is 6.60. The molecule has 0 aromatic heterocycles. The van der Waals surface area contributed by atoms with Gasteiger partial charge in [-0.1, -0.05) is 49.4 Å². The number of benzene rings is 2. The molecule has 2 heteroatoms. The summed E-state index contributed by atoms with van der Waals surface area (Å²) in [5.41, 5.74) is 3.69. The van der Waals surface area contributed by atoms with Gasteiger partial charge in [-0.3, -0.25) is 0 Å². The number of rotatable bonds is 5. The van der Waals surface area contributed by atoms with Crippen molar-refractivity contribution in [1.29, 1.82) is 0 Å². The van der Waals surface area contributed by atoms with E-state index < -0.39 is 0 Å². The Kier molecular flexibility index (Phi) is 4.86. The van der Waals surface area contributed by atoms with Gasteiger partial charge in [-0.05, 0) is 35.6 Å². The van der Waals surface area contributed by atoms with E-state index >= 15 is 0 Å². The van der Waals surface area contributed by atoms with Crippen molar-refractivity contribution in [3.8, 4) is 5.75 Å². The van der Waals surface area contributed by atoms with Crippen LogP contribution in [0.15, 0.2) is 48.5 Å². The summed E-state index contributed by atoms with van der Waals surface area (Å²) in [6.45, 7) is 2.16. The molecule has 0 N–H and O–H groups in total. The minimum atomic E-state index is -0.0209. The van der Waals surface area contributed by atoms with E-state index in [0.29, 0.717) is 0 Å². The van der Waals surface area contributed by atoms with E-state index in [2.05, 4.69) is 31.2 Å². The average molecular weight is 275 g/mol. The van der Waals surface area contributed by atoms with Crippen LogP contribution in [0.25, 0.3) is 0 Å². The molecule has 0 amide bonds. The van der Waals surface area contributed by atoms with Crippen LogP contribution in [0.4, 0.5) is 0 Å². The molecular formula is C17H19ClO. The quantitative estimate of drug-likeness (QED) is 0.713. The third-order valence-corrected chi connectivity index (χ3v) is 3.75. The van der Waals surface area contributed by atoms with Crippen LogP contribution < -0.4 is 4.74 Å². The number of ether oxygens (including phenoxy) is 1. The second-order valence-electron chi connectivity index (χ2n) is 4.54. The van der Waals surface area contributed by atoms with E-state index in [1.54, 1.807) is 7.11 Å². The highest BCUT2D eigenvalue weighted by Crippen LogP contribution is 2.31. The van der Waals surface area contributed by atoms with Crippen LogP contribution in [-0.4, -0.2) is 7.11 Å². The van der Waals surface area contributed by atoms with E-state index in [-0.39, 0.29) is 5.38 Å². The van der Waals surface area contributed by atoms with Gasteiger partial charge in [0.2, 0.25) is 0 Å². The Morgan fingerprint density at radius 1 is 1.00 bits per heavy atom. The maximum Gasteiger partial charge on any atom is 0.122 e. The van der Waals surface area contributed by atoms with Gasteiger partial charge < -0.3 is 4.74 Å². The van der Waals surface area contributed by atoms with Crippen molar-refractivity contribution in [3.63, 3.8) is 0 Å². The van der Waals surface area contributed by atoms with Gasteiger partial charge in [0, 0.05) is 0 Å². The third-order valence-electron chi connectivity index (χ3n) is 3.37. The molecule has 0 saturated heterocycles. The number of aryl methyl sites for hydroxylation is 1. The van der Waals surface area contributed by atoms with E-state index in [1.807, 2.05) is 24.3 Å². The first-order valence-corrected chi connectivity index (χ1v) is 7.03. The molecule has 0 spiro atoms. The fourth-order valence-electron chi connectivity index (χ4n) is 2.34. The first kappa shape index (κ1) is 14.0. The van der Waals surface area contributed by atoms with Gasteiger partial charge in [-0.2, -0.15) is 0 Å². The highest BCUT2D eigenvalue weighted by molar-refractivity contribution is 6.21. The second kappa shape index (κ2) is 6.63. The lowest BCUT2D eigenvalue weighted by atomic mass is 9.97. The molecule has 0 bridgehead atoms. The molecule has 19 heavy (non-hydrogen) atoms. The minimum Gasteiger partial charge on any atom is -0.496 e. The Bertz CT molecular complexity index is 536. The molecule has 0 fully saturated rings. The topological polar surface area (TPSA) is 9.23 Å². The van der Waals surface area contributed by atoms with Gasteiger partial charge in [0.05, 0.1) is 12.5 Å². The molecule has 2 rings (SSSR count). The summed E-state index contributed by atoms with van der Waals surface area (Å²) in [4.78, 5) is 0. The molecular weight excluding hydrogens is 256 g/mol. The van der Waals surface area contributed by atoms with E-state index in [9.17, 15) is 0 Å². The smallest absolute Gasteiger partial charge is 0.122 e. The number of hydrogen-bond donors (Lipinski definition) is 0. The van der Waals surface area contributed by atoms with Gasteiger partial charge >= 0.3 is 0 Å². The molecule has 1 nitrogen and oxygen atoms in total. The molecule has 0 aliphatic carbocycles. The van der Waals surface area contributed by atoms with Crippen molar-refractivity contribution in [2.75, 3.05) is 7.11 Å². The average Bonchev–Trinajstić information content (AvgIpc) is 2.47. The summed E-state index contributed by atoms with van der Waals surface area (Å²) in [6, 6.07) is 16.4. The van der Waals surface area contributed by atoms with Crippen molar-refractivity contribution in [2.24, 2.45) is 0 Å². The first-order chi connectivity index (χ1) is 9.26. The highest BCUT2D eigenvalue weighted by Gasteiger charge is 2.14. The lowest BCUT2D eigenvalue weighted by Crippen LogP contribution is -2.01. The van der Waals surface area contributed by atoms with Crippen LogP contribution in [0.5, 0.6) is 5.75 Å². The van der Waals surface area contributed by atoms with Gasteiger partial charge in [0.15, 0.2) is 0 Å². The van der Waals surface area contributed by atoms with Crippen LogP contribution in [0.3, 0.4) is 0 Å². The van der Waals surface area contributed by atoms with E-state index in [1.165, 1.54) is 11.1 Å². The van der Waals surface area contributed by atoms with Crippen molar-refractivity contribution in [2.45, 2.75) is 25.1 Å². The number of methoxy groups -OCH3 is 1. The SMILES string of the molecule is CCc1ccccc1C(Cl)Cc1ccccc1OC. The fourth-order valence-corrected chi connectivity index (χ4v) is 2.72. The molecule has 1 atom stereocenters. The number of hydrogen-bond acceptors (Lipinski definition) is 1. The molecule has 0 radical (unpaired) electrons. The van der Waals surface area contributed by atoms with Crippen LogP contribution in [-0.2, 0) is 12.8 Å². The number of para-hydroxylation sites is 1. The zero-order valence-electron chi connectivity index (χ0n) is 11.4. The maximum atomic E-state index is 6.60. The molecule has 2 aromatic carbocycles. The van der Waals surface area contributed by atoms with Crippen molar-refractivity contribution >= 4 is 11.6 Å². The fraction of sp³-hybridized carbons (Fsp3) is 0.294. The predicted molar refractivity (Wildman–Crippen MR) is 81.1 cm³/mol. The monoisotopic (exact) mass is 274 g/mol. The molecule has 0 aliphatic heterocycles. The largest absolute Gasteiger partial charge is 0.496 e. The highest BCUT2D eigenvalue weighted by atomic mass is 35.5. The molecule has 0 aliphatic rings. The zero-order chi connectivity index (χ0) is 13.7. The Labute approximate surface area is 120 Å². The summed E-state index contributed by atoms with van der Waals surface area (Å²) in [7, 11) is 1.70. The van der Waals surface area contributed by atoms with Gasteiger partial charge in [0.1, 0.15) is 5.75 Å². The van der Waals surface area contributed by atoms with Crippen LogP contribution in [0, 0.1) is 0 Å². The van der Waals surface area contributed by atoms with Crippen LogP contribution in [0.2, 0.25) is 0 Å². The molecule has 100 valence electrons. The lowest BCUT2D eigenvalue weighted by molar-refractivity contribution is 0.409. The van der Waals surface area contributed by atoms with Crippen molar-refractivity contribution in [1.82, 2.24) is 0 Å². The van der Waals surface area contributed by atoms with E-state index in [4.69, 9.17) is 16.3 Å². The van der Waals surface area contributed by atoms with Gasteiger partial charge in [-0.15, -0.1) is 11.6 Å². The van der Waals surface area contributed by atoms with Crippen molar-refractivity contribution in [3.05, 3.63) is 65.2 Å². The zero-order valence-corrected chi connectivity index (χ0v) is 12.2. The first-order valence-electron chi connectivity index (χ1n) is 6.60. The Balaban J connectivity index is 2.23. The van der Waals surface area contributed by atoms with Crippen molar-refractivity contribution < 1.29 is 4.74 Å². The van der Waals surface area contributed by atoms with E-state index in [0.717, 1.165) is 24.2 Å². The summed E-state index contributed by atoms with van der Waals surface area (Å²) in [6.07, 6.45) is 1.79. The van der Waals surface area contributed by atoms with Crippen LogP contribution in [0.1, 0.15) is 29.0 Å². The molecule has 2 aromatic rings. The summed E-state index contributed by atoms with van der Waals surface area (Å²) in [5.74, 6) is 0.905. The Hall–Kier alpha value is -1.47. The summed E-state index contributed by atoms with van der Waals surface area (Å²) < 4.78 is 5.38. The molecule has 1 unspecified atom stereocenters. The van der Waals surface area contributed by atoms with Gasteiger partial charge in [-0.25, -0.2) is 0 Å². The summed E-state index contributed by atoms with van der Waals surface area (Å²) in [5, 5.41) is -0.0209. The molecule has 0 saturated carbocycles. The Morgan fingerprint density at radius 3 is 2.32 bits per heavy atom. The lowest BCUT2D eigenvalue weighted by Gasteiger charge is -2.15. The molecule has 0 heterocycles. The summed E-state index contributed by atoms with van der Waals surface area (Å²) >= 11 is 6.60. The number of halogens is 1. The standard InChI is InChI=1S/C17H19ClO/c1-3-13-8-4-6-10-15(13)16(18)12-14-9-5-7-11-17(14)19-2/h4-11,16H,3,12H2,1-2H3.